The van der Waals surface area contributed by atoms with Crippen LogP contribution in [0.5, 0.6) is 0 Å². The van der Waals surface area contributed by atoms with E-state index in [2.05, 4.69) is 17.6 Å². The second-order valence-corrected chi connectivity index (χ2v) is 4.27. The van der Waals surface area contributed by atoms with Crippen molar-refractivity contribution in [1.29, 1.82) is 0 Å². The van der Waals surface area contributed by atoms with Crippen LogP contribution < -0.4 is 11.3 Å². The number of rotatable bonds is 2. The van der Waals surface area contributed by atoms with Crippen LogP contribution in [0.15, 0.2) is 0 Å². The van der Waals surface area contributed by atoms with Crippen molar-refractivity contribution in [2.24, 2.45) is 11.3 Å². The number of halogens is 1. The minimum Gasteiger partial charge on any atom is -0.470 e. The second-order valence-electron chi connectivity index (χ2n) is 3.90. The molecule has 3 N–H and O–H groups in total. The average molecular weight is 190 g/mol. The zero-order chi connectivity index (χ0) is 8.82. The lowest BCUT2D eigenvalue weighted by molar-refractivity contribution is -0.227. The summed E-state index contributed by atoms with van der Waals surface area (Å²) in [6, 6.07) is 0. The molecule has 3 aliphatic rings. The summed E-state index contributed by atoms with van der Waals surface area (Å²) >= 11 is 4.69. The van der Waals surface area contributed by atoms with Crippen LogP contribution in [0.25, 0.3) is 0 Å². The molecule has 0 aliphatic heterocycles. The fraction of sp³-hybridized carbons (Fsp3) is 0.857. The van der Waals surface area contributed by atoms with E-state index < -0.39 is 5.67 Å². The molecule has 0 saturated heterocycles. The summed E-state index contributed by atoms with van der Waals surface area (Å²) in [4.78, 5) is 0. The van der Waals surface area contributed by atoms with Gasteiger partial charge in [-0.3, -0.25) is 5.43 Å². The van der Waals surface area contributed by atoms with Crippen molar-refractivity contribution in [2.45, 2.75) is 24.9 Å². The normalized spacial score (nSPS) is 42.5. The first-order chi connectivity index (χ1) is 5.58. The lowest BCUT2D eigenvalue weighted by atomic mass is 9.43. The highest BCUT2D eigenvalue weighted by Gasteiger charge is 2.69. The highest BCUT2D eigenvalue weighted by Crippen LogP contribution is 2.69. The van der Waals surface area contributed by atoms with Crippen LogP contribution in [-0.4, -0.2) is 17.5 Å². The second kappa shape index (κ2) is 2.29. The Morgan fingerprint density at radius 2 is 2.17 bits per heavy atom. The van der Waals surface area contributed by atoms with Gasteiger partial charge in [-0.2, -0.15) is 0 Å². The summed E-state index contributed by atoms with van der Waals surface area (Å²) in [5.41, 5.74) is 1.45. The van der Waals surface area contributed by atoms with E-state index in [1.54, 1.807) is 0 Å². The summed E-state index contributed by atoms with van der Waals surface area (Å²) in [6.07, 6.45) is 1.90. The predicted octanol–water partition coefficient (Wildman–Crippen LogP) is 0.643. The third-order valence-corrected chi connectivity index (χ3v) is 2.94. The zero-order valence-corrected chi connectivity index (χ0v) is 7.42. The lowest BCUT2D eigenvalue weighted by Crippen LogP contribution is -2.66. The van der Waals surface area contributed by atoms with E-state index in [0.29, 0.717) is 25.9 Å². The first-order valence-corrected chi connectivity index (χ1v) is 4.31. The van der Waals surface area contributed by atoms with E-state index in [-0.39, 0.29) is 10.6 Å². The molecule has 0 amide bonds. The first kappa shape index (κ1) is 8.19. The number of hydrogen-bond acceptors (Lipinski definition) is 3. The van der Waals surface area contributed by atoms with Crippen molar-refractivity contribution in [3.8, 4) is 0 Å². The molecule has 3 nitrogen and oxygen atoms in total. The molecule has 3 saturated carbocycles. The van der Waals surface area contributed by atoms with Gasteiger partial charge in [-0.1, -0.05) is 0 Å². The molecular formula is C7H11FN2OS. The first-order valence-electron chi connectivity index (χ1n) is 3.90. The maximum Gasteiger partial charge on any atom is 0.271 e. The SMILES string of the molecule is NNC(=S)OCC12CC(F)(C1)C2. The summed E-state index contributed by atoms with van der Waals surface area (Å²) in [5, 5.41) is 0.188. The lowest BCUT2D eigenvalue weighted by Gasteiger charge is -2.65. The molecule has 0 aromatic rings. The maximum absolute atomic E-state index is 13.0. The van der Waals surface area contributed by atoms with Crippen molar-refractivity contribution >= 4 is 17.4 Å². The van der Waals surface area contributed by atoms with Crippen LogP contribution >= 0.6 is 12.2 Å². The standard InChI is InChI=1S/C7H11FN2OS/c8-7-1-6(2-7,3-7)4-11-5(12)10-9/h1-4,9H2,(H,10,12). The highest BCUT2D eigenvalue weighted by atomic mass is 32.1. The molecule has 0 aromatic carbocycles. The molecule has 2 bridgehead atoms. The Labute approximate surface area is 75.4 Å². The fourth-order valence-electron chi connectivity index (χ4n) is 2.27. The van der Waals surface area contributed by atoms with Crippen molar-refractivity contribution in [3.05, 3.63) is 0 Å². The van der Waals surface area contributed by atoms with Gasteiger partial charge in [0.1, 0.15) is 5.67 Å². The predicted molar refractivity (Wildman–Crippen MR) is 46.0 cm³/mol. The van der Waals surface area contributed by atoms with Crippen molar-refractivity contribution < 1.29 is 9.13 Å². The van der Waals surface area contributed by atoms with Crippen LogP contribution in [0.3, 0.4) is 0 Å². The average Bonchev–Trinajstić information content (AvgIpc) is 1.93. The van der Waals surface area contributed by atoms with E-state index in [1.165, 1.54) is 0 Å². The number of alkyl halides is 1. The van der Waals surface area contributed by atoms with Gasteiger partial charge in [-0.25, -0.2) is 10.2 Å². The topological polar surface area (TPSA) is 47.3 Å². The molecule has 0 unspecified atom stereocenters. The Morgan fingerprint density at radius 3 is 2.58 bits per heavy atom. The quantitative estimate of drug-likeness (QED) is 0.381. The Bertz CT molecular complexity index is 214. The molecule has 0 radical (unpaired) electrons. The van der Waals surface area contributed by atoms with E-state index in [0.717, 1.165) is 0 Å². The van der Waals surface area contributed by atoms with Gasteiger partial charge in [-0.15, -0.1) is 0 Å². The van der Waals surface area contributed by atoms with E-state index in [4.69, 9.17) is 10.6 Å². The van der Waals surface area contributed by atoms with Gasteiger partial charge in [0.2, 0.25) is 0 Å². The summed E-state index contributed by atoms with van der Waals surface area (Å²) in [5.74, 6) is 5.01. The molecular weight excluding hydrogens is 179 g/mol. The monoisotopic (exact) mass is 190 g/mol. The van der Waals surface area contributed by atoms with Gasteiger partial charge in [0.25, 0.3) is 5.17 Å². The molecule has 68 valence electrons. The smallest absolute Gasteiger partial charge is 0.271 e. The summed E-state index contributed by atoms with van der Waals surface area (Å²) < 4.78 is 18.1. The number of ether oxygens (including phenoxy) is 1. The fourth-order valence-corrected chi connectivity index (χ4v) is 2.33. The van der Waals surface area contributed by atoms with Crippen molar-refractivity contribution in [2.75, 3.05) is 6.61 Å². The van der Waals surface area contributed by atoms with Gasteiger partial charge in [-0.05, 0) is 31.5 Å². The van der Waals surface area contributed by atoms with E-state index in [1.807, 2.05) is 0 Å². The number of hydrogen-bond donors (Lipinski definition) is 2. The Hall–Kier alpha value is -0.420. The molecule has 0 spiro atoms. The molecule has 0 heterocycles. The minimum atomic E-state index is -0.860. The molecule has 3 aliphatic carbocycles. The Morgan fingerprint density at radius 1 is 1.58 bits per heavy atom. The van der Waals surface area contributed by atoms with E-state index in [9.17, 15) is 4.39 Å². The molecule has 5 heteroatoms. The van der Waals surface area contributed by atoms with Crippen LogP contribution in [-0.2, 0) is 4.74 Å². The number of nitrogens with one attached hydrogen (secondary N) is 1. The maximum atomic E-state index is 13.0. The number of nitrogens with two attached hydrogens (primary N) is 1. The third kappa shape index (κ3) is 1.08. The minimum absolute atomic E-state index is 0.0790. The van der Waals surface area contributed by atoms with Crippen molar-refractivity contribution in [1.82, 2.24) is 5.43 Å². The highest BCUT2D eigenvalue weighted by molar-refractivity contribution is 7.80. The Balaban J connectivity index is 1.73. The van der Waals surface area contributed by atoms with Crippen molar-refractivity contribution in [3.63, 3.8) is 0 Å². The zero-order valence-electron chi connectivity index (χ0n) is 6.60. The van der Waals surface area contributed by atoms with Gasteiger partial charge < -0.3 is 4.74 Å². The largest absolute Gasteiger partial charge is 0.470 e. The number of hydrazine groups is 1. The molecule has 0 aromatic heterocycles. The van der Waals surface area contributed by atoms with E-state index >= 15 is 0 Å². The van der Waals surface area contributed by atoms with Crippen LogP contribution in [0.4, 0.5) is 4.39 Å². The summed E-state index contributed by atoms with van der Waals surface area (Å²) in [6.45, 7) is 0.502. The van der Waals surface area contributed by atoms with Gasteiger partial charge >= 0.3 is 0 Å². The molecule has 12 heavy (non-hydrogen) atoms. The van der Waals surface area contributed by atoms with Gasteiger partial charge in [0.05, 0.1) is 6.61 Å². The molecule has 0 atom stereocenters. The summed E-state index contributed by atoms with van der Waals surface area (Å²) in [7, 11) is 0. The third-order valence-electron chi connectivity index (χ3n) is 2.70. The Kier molecular flexibility index (Phi) is 1.56. The molecule has 3 rings (SSSR count). The van der Waals surface area contributed by atoms with Gasteiger partial charge in [0.15, 0.2) is 0 Å². The number of thiocarbonyl (C=S) groups is 1. The van der Waals surface area contributed by atoms with Gasteiger partial charge in [0, 0.05) is 5.41 Å². The van der Waals surface area contributed by atoms with Crippen LogP contribution in [0.2, 0.25) is 0 Å². The molecule has 3 fully saturated rings. The van der Waals surface area contributed by atoms with Crippen LogP contribution in [0, 0.1) is 5.41 Å². The van der Waals surface area contributed by atoms with Crippen LogP contribution in [0.1, 0.15) is 19.3 Å².